The summed E-state index contributed by atoms with van der Waals surface area (Å²) >= 11 is 0. The van der Waals surface area contributed by atoms with E-state index in [1.165, 1.54) is 11.7 Å². The topological polar surface area (TPSA) is 0 Å². The summed E-state index contributed by atoms with van der Waals surface area (Å²) in [5, 5.41) is 3.14. The monoisotopic (exact) mass is 190 g/mol. The van der Waals surface area contributed by atoms with Crippen LogP contribution in [0.15, 0.2) is 41.7 Å². The highest BCUT2D eigenvalue weighted by Crippen LogP contribution is 2.53. The van der Waals surface area contributed by atoms with Crippen molar-refractivity contribution in [1.82, 2.24) is 0 Å². The van der Waals surface area contributed by atoms with Crippen molar-refractivity contribution >= 4 is 13.2 Å². The maximum Gasteiger partial charge on any atom is -0.0126 e. The fraction of sp³-hybridized carbons (Fsp3) is 0.333. The van der Waals surface area contributed by atoms with Gasteiger partial charge < -0.3 is 0 Å². The van der Waals surface area contributed by atoms with Crippen molar-refractivity contribution < 1.29 is 0 Å². The van der Waals surface area contributed by atoms with Crippen LogP contribution < -0.4 is 5.30 Å². The maximum atomic E-state index is 2.41. The fourth-order valence-corrected chi connectivity index (χ4v) is 4.66. The Kier molecular flexibility index (Phi) is 2.51. The number of benzene rings is 1. The summed E-state index contributed by atoms with van der Waals surface area (Å²) in [6.45, 7) is 4.65. The minimum Gasteiger partial charge on any atom is -0.0802 e. The summed E-state index contributed by atoms with van der Waals surface area (Å²) in [5.74, 6) is 0. The molecular formula is C12H15P. The Labute approximate surface area is 81.4 Å². The molecule has 0 nitrogen and oxygen atoms in total. The van der Waals surface area contributed by atoms with Gasteiger partial charge in [-0.15, -0.1) is 0 Å². The molecule has 0 unspecified atom stereocenters. The lowest BCUT2D eigenvalue weighted by atomic mass is 10.3. The van der Waals surface area contributed by atoms with E-state index >= 15 is 0 Å². The molecule has 68 valence electrons. The third-order valence-electron chi connectivity index (χ3n) is 2.61. The van der Waals surface area contributed by atoms with Crippen molar-refractivity contribution in [3.8, 4) is 0 Å². The average molecular weight is 190 g/mol. The number of rotatable bonds is 1. The molecule has 0 radical (unpaired) electrons. The van der Waals surface area contributed by atoms with Crippen LogP contribution in [0.4, 0.5) is 0 Å². The van der Waals surface area contributed by atoms with Gasteiger partial charge in [-0.05, 0) is 37.5 Å². The smallest absolute Gasteiger partial charge is 0.0126 e. The van der Waals surface area contributed by atoms with Gasteiger partial charge in [0.25, 0.3) is 0 Å². The molecule has 0 fully saturated rings. The van der Waals surface area contributed by atoms with Crippen LogP contribution in [0, 0.1) is 0 Å². The van der Waals surface area contributed by atoms with E-state index in [2.05, 4.69) is 50.3 Å². The van der Waals surface area contributed by atoms with E-state index < -0.39 is 0 Å². The minimum absolute atomic E-state index is 0.00154. The van der Waals surface area contributed by atoms with Gasteiger partial charge in [0.2, 0.25) is 0 Å². The minimum atomic E-state index is -0.00154. The Hall–Kier alpha value is -0.610. The molecule has 1 aromatic rings. The summed E-state index contributed by atoms with van der Waals surface area (Å²) in [5.41, 5.74) is 0.845. The normalized spacial score (nSPS) is 27.4. The molecule has 0 aliphatic carbocycles. The Morgan fingerprint density at radius 3 is 2.46 bits per heavy atom. The van der Waals surface area contributed by atoms with Gasteiger partial charge in [-0.3, -0.25) is 0 Å². The Morgan fingerprint density at radius 1 is 1.23 bits per heavy atom. The van der Waals surface area contributed by atoms with Gasteiger partial charge in [0.1, 0.15) is 0 Å². The molecule has 1 aliphatic rings. The van der Waals surface area contributed by atoms with Gasteiger partial charge in [0.15, 0.2) is 0 Å². The summed E-state index contributed by atoms with van der Waals surface area (Å²) < 4.78 is 0. The number of allylic oxidation sites excluding steroid dienone is 2. The third kappa shape index (κ3) is 1.69. The zero-order valence-electron chi connectivity index (χ0n) is 8.20. The third-order valence-corrected chi connectivity index (χ3v) is 5.50. The summed E-state index contributed by atoms with van der Waals surface area (Å²) in [4.78, 5) is 0. The molecule has 2 atom stereocenters. The van der Waals surface area contributed by atoms with E-state index in [1.54, 1.807) is 5.31 Å². The quantitative estimate of drug-likeness (QED) is 0.594. The van der Waals surface area contributed by atoms with Gasteiger partial charge in [-0.1, -0.05) is 43.3 Å². The number of hydrogen-bond donors (Lipinski definition) is 0. The lowest BCUT2D eigenvalue weighted by Crippen LogP contribution is -2.06. The molecule has 0 amide bonds. The van der Waals surface area contributed by atoms with Crippen molar-refractivity contribution in [3.05, 3.63) is 41.7 Å². The molecule has 0 saturated heterocycles. The van der Waals surface area contributed by atoms with Gasteiger partial charge in [0.05, 0.1) is 0 Å². The average Bonchev–Trinajstić information content (AvgIpc) is 2.48. The van der Waals surface area contributed by atoms with Gasteiger partial charge in [0, 0.05) is 0 Å². The molecule has 0 bridgehead atoms. The molecular weight excluding hydrogens is 175 g/mol. The standard InChI is InChI=1S/C12H15P/c1-10-8-9-11(2)13(10)12-6-4-3-5-7-12/h3-8,11H,9H2,1-2H3/t11-,13+/m0/s1. The van der Waals surface area contributed by atoms with Crippen molar-refractivity contribution in [1.29, 1.82) is 0 Å². The summed E-state index contributed by atoms with van der Waals surface area (Å²) in [6, 6.07) is 10.9. The molecule has 1 heteroatoms. The van der Waals surface area contributed by atoms with Crippen molar-refractivity contribution in [2.45, 2.75) is 25.9 Å². The molecule has 1 heterocycles. The largest absolute Gasteiger partial charge is 0.0802 e. The molecule has 1 aromatic carbocycles. The summed E-state index contributed by atoms with van der Waals surface area (Å²) in [6.07, 6.45) is 3.68. The first kappa shape index (κ1) is 8.97. The zero-order valence-corrected chi connectivity index (χ0v) is 9.09. The Morgan fingerprint density at radius 2 is 1.92 bits per heavy atom. The Bertz CT molecular complexity index is 313. The SMILES string of the molecule is CC1=CC[C@H](C)[P@]1c1ccccc1. The lowest BCUT2D eigenvalue weighted by molar-refractivity contribution is 0.991. The lowest BCUT2D eigenvalue weighted by Gasteiger charge is -2.18. The van der Waals surface area contributed by atoms with Gasteiger partial charge in [-0.2, -0.15) is 0 Å². The van der Waals surface area contributed by atoms with Crippen LogP contribution in [0.1, 0.15) is 20.3 Å². The highest BCUT2D eigenvalue weighted by Gasteiger charge is 2.24. The van der Waals surface area contributed by atoms with E-state index in [0.29, 0.717) is 0 Å². The van der Waals surface area contributed by atoms with Crippen LogP contribution in [-0.4, -0.2) is 5.66 Å². The molecule has 0 N–H and O–H groups in total. The fourth-order valence-electron chi connectivity index (χ4n) is 1.94. The maximum absolute atomic E-state index is 2.41. The first-order valence-corrected chi connectivity index (χ1v) is 6.21. The number of hydrogen-bond acceptors (Lipinski definition) is 0. The second kappa shape index (κ2) is 3.64. The molecule has 0 spiro atoms. The van der Waals surface area contributed by atoms with Crippen molar-refractivity contribution in [2.75, 3.05) is 0 Å². The van der Waals surface area contributed by atoms with Gasteiger partial charge in [-0.25, -0.2) is 0 Å². The second-order valence-corrected chi connectivity index (χ2v) is 6.48. The van der Waals surface area contributed by atoms with E-state index in [-0.39, 0.29) is 7.92 Å². The predicted octanol–water partition coefficient (Wildman–Crippen LogP) is 3.49. The van der Waals surface area contributed by atoms with Crippen LogP contribution in [0.5, 0.6) is 0 Å². The van der Waals surface area contributed by atoms with E-state index in [1.807, 2.05) is 0 Å². The summed E-state index contributed by atoms with van der Waals surface area (Å²) in [7, 11) is -0.00154. The van der Waals surface area contributed by atoms with Crippen LogP contribution in [0.25, 0.3) is 0 Å². The molecule has 13 heavy (non-hydrogen) atoms. The van der Waals surface area contributed by atoms with Crippen LogP contribution in [-0.2, 0) is 0 Å². The molecule has 2 rings (SSSR count). The Balaban J connectivity index is 2.31. The van der Waals surface area contributed by atoms with Gasteiger partial charge >= 0.3 is 0 Å². The second-order valence-electron chi connectivity index (χ2n) is 3.64. The van der Waals surface area contributed by atoms with Crippen molar-refractivity contribution in [2.24, 2.45) is 0 Å². The predicted molar refractivity (Wildman–Crippen MR) is 60.8 cm³/mol. The van der Waals surface area contributed by atoms with E-state index in [4.69, 9.17) is 0 Å². The molecule has 1 aliphatic heterocycles. The van der Waals surface area contributed by atoms with Crippen molar-refractivity contribution in [3.63, 3.8) is 0 Å². The highest BCUT2D eigenvalue weighted by atomic mass is 31.1. The highest BCUT2D eigenvalue weighted by molar-refractivity contribution is 7.70. The van der Waals surface area contributed by atoms with Crippen LogP contribution in [0.2, 0.25) is 0 Å². The first-order chi connectivity index (χ1) is 6.29. The van der Waals surface area contributed by atoms with Crippen LogP contribution >= 0.6 is 7.92 Å². The molecule has 0 saturated carbocycles. The zero-order chi connectivity index (χ0) is 9.26. The molecule has 0 aromatic heterocycles. The first-order valence-electron chi connectivity index (χ1n) is 4.80. The van der Waals surface area contributed by atoms with E-state index in [0.717, 1.165) is 5.66 Å². The van der Waals surface area contributed by atoms with Crippen LogP contribution in [0.3, 0.4) is 0 Å². The van der Waals surface area contributed by atoms with E-state index in [9.17, 15) is 0 Å².